The molecule has 0 aliphatic carbocycles. The van der Waals surface area contributed by atoms with Crippen molar-refractivity contribution in [3.63, 3.8) is 0 Å². The second kappa shape index (κ2) is 3.88. The van der Waals surface area contributed by atoms with Crippen LogP contribution in [0.25, 0.3) is 0 Å². The maximum Gasteiger partial charge on any atom is 0.109 e. The molecule has 0 amide bonds. The van der Waals surface area contributed by atoms with E-state index in [-0.39, 0.29) is 0 Å². The Kier molecular flexibility index (Phi) is 3.04. The van der Waals surface area contributed by atoms with Crippen molar-refractivity contribution < 1.29 is 4.39 Å². The van der Waals surface area contributed by atoms with Gasteiger partial charge in [-0.2, -0.15) is 0 Å². The zero-order chi connectivity index (χ0) is 10.0. The van der Waals surface area contributed by atoms with E-state index >= 15 is 0 Å². The lowest BCUT2D eigenvalue weighted by molar-refractivity contribution is 0.436. The quantitative estimate of drug-likeness (QED) is 0.745. The fourth-order valence-electron chi connectivity index (χ4n) is 1.47. The van der Waals surface area contributed by atoms with Crippen LogP contribution in [-0.2, 0) is 0 Å². The summed E-state index contributed by atoms with van der Waals surface area (Å²) in [4.78, 5) is 0. The van der Waals surface area contributed by atoms with Crippen molar-refractivity contribution in [2.75, 3.05) is 6.67 Å². The molecule has 1 aromatic rings. The molecule has 1 aromatic carbocycles. The summed E-state index contributed by atoms with van der Waals surface area (Å²) in [5.74, 6) is 0. The highest BCUT2D eigenvalue weighted by molar-refractivity contribution is 5.38. The van der Waals surface area contributed by atoms with E-state index in [9.17, 15) is 4.39 Å². The Morgan fingerprint density at radius 3 is 2.23 bits per heavy atom. The highest BCUT2D eigenvalue weighted by atomic mass is 19.1. The van der Waals surface area contributed by atoms with E-state index in [0.717, 1.165) is 11.1 Å². The van der Waals surface area contributed by atoms with E-state index in [0.29, 0.717) is 0 Å². The van der Waals surface area contributed by atoms with Crippen molar-refractivity contribution in [1.29, 1.82) is 0 Å². The summed E-state index contributed by atoms with van der Waals surface area (Å²) in [6.07, 6.45) is 0. The van der Waals surface area contributed by atoms with Gasteiger partial charge in [0, 0.05) is 0 Å². The Balaban J connectivity index is 3.15. The maximum atomic E-state index is 12.4. The molecular formula is C11H16FN. The zero-order valence-corrected chi connectivity index (χ0v) is 8.39. The van der Waals surface area contributed by atoms with Crippen LogP contribution in [0.3, 0.4) is 0 Å². The summed E-state index contributed by atoms with van der Waals surface area (Å²) < 4.78 is 12.4. The maximum absolute atomic E-state index is 12.4. The summed E-state index contributed by atoms with van der Waals surface area (Å²) in [6.45, 7) is 5.54. The van der Waals surface area contributed by atoms with E-state index in [4.69, 9.17) is 5.73 Å². The number of aryl methyl sites for hydroxylation is 3. The molecule has 0 radical (unpaired) electrons. The van der Waals surface area contributed by atoms with Gasteiger partial charge in [0.15, 0.2) is 0 Å². The lowest BCUT2D eigenvalue weighted by atomic mass is 9.97. The van der Waals surface area contributed by atoms with Crippen LogP contribution in [0.2, 0.25) is 0 Å². The SMILES string of the molecule is Cc1cc(C)c([C@@H](N)CF)cc1C. The fourth-order valence-corrected chi connectivity index (χ4v) is 1.47. The zero-order valence-electron chi connectivity index (χ0n) is 8.39. The molecule has 0 saturated carbocycles. The molecule has 0 saturated heterocycles. The first kappa shape index (κ1) is 10.2. The van der Waals surface area contributed by atoms with E-state index in [1.807, 2.05) is 26.8 Å². The summed E-state index contributed by atoms with van der Waals surface area (Å²) in [6, 6.07) is 3.56. The molecule has 1 nitrogen and oxygen atoms in total. The van der Waals surface area contributed by atoms with Gasteiger partial charge in [-0.05, 0) is 43.0 Å². The van der Waals surface area contributed by atoms with Gasteiger partial charge in [-0.25, -0.2) is 4.39 Å². The van der Waals surface area contributed by atoms with Crippen LogP contribution < -0.4 is 5.73 Å². The van der Waals surface area contributed by atoms with Crippen molar-refractivity contribution in [2.45, 2.75) is 26.8 Å². The first-order valence-electron chi connectivity index (χ1n) is 4.45. The van der Waals surface area contributed by atoms with Gasteiger partial charge in [0.05, 0.1) is 6.04 Å². The number of alkyl halides is 1. The molecule has 2 heteroatoms. The lowest BCUT2D eigenvalue weighted by Crippen LogP contribution is -2.14. The predicted octanol–water partition coefficient (Wildman–Crippen LogP) is 2.58. The number of hydrogen-bond donors (Lipinski definition) is 1. The largest absolute Gasteiger partial charge is 0.322 e. The van der Waals surface area contributed by atoms with Gasteiger partial charge >= 0.3 is 0 Å². The number of benzene rings is 1. The van der Waals surface area contributed by atoms with Gasteiger partial charge in [0.2, 0.25) is 0 Å². The molecule has 0 spiro atoms. The third-order valence-corrected chi connectivity index (χ3v) is 2.45. The van der Waals surface area contributed by atoms with Crippen LogP contribution in [0.5, 0.6) is 0 Å². The summed E-state index contributed by atoms with van der Waals surface area (Å²) in [7, 11) is 0. The van der Waals surface area contributed by atoms with Gasteiger partial charge in [0.1, 0.15) is 6.67 Å². The van der Waals surface area contributed by atoms with Crippen LogP contribution in [0.1, 0.15) is 28.3 Å². The van der Waals surface area contributed by atoms with E-state index in [1.54, 1.807) is 0 Å². The summed E-state index contributed by atoms with van der Waals surface area (Å²) in [5, 5.41) is 0. The van der Waals surface area contributed by atoms with Crippen LogP contribution >= 0.6 is 0 Å². The smallest absolute Gasteiger partial charge is 0.109 e. The number of hydrogen-bond acceptors (Lipinski definition) is 1. The standard InChI is InChI=1S/C11H16FN/c1-7-4-9(3)10(5-8(7)2)11(13)6-12/h4-5,11H,6,13H2,1-3H3/t11-/m0/s1. The van der Waals surface area contributed by atoms with Crippen molar-refractivity contribution in [1.82, 2.24) is 0 Å². The Hall–Kier alpha value is -0.890. The van der Waals surface area contributed by atoms with Gasteiger partial charge in [0.25, 0.3) is 0 Å². The normalized spacial score (nSPS) is 13.0. The van der Waals surface area contributed by atoms with Gasteiger partial charge in [-0.1, -0.05) is 12.1 Å². The second-order valence-corrected chi connectivity index (χ2v) is 3.55. The number of rotatable bonds is 2. The Morgan fingerprint density at radius 1 is 1.15 bits per heavy atom. The fraction of sp³-hybridized carbons (Fsp3) is 0.455. The van der Waals surface area contributed by atoms with E-state index in [2.05, 4.69) is 6.07 Å². The Morgan fingerprint density at radius 2 is 1.69 bits per heavy atom. The van der Waals surface area contributed by atoms with Crippen molar-refractivity contribution in [3.05, 3.63) is 34.4 Å². The average Bonchev–Trinajstić information content (AvgIpc) is 2.10. The Bertz CT molecular complexity index is 307. The van der Waals surface area contributed by atoms with Crippen LogP contribution in [0.4, 0.5) is 4.39 Å². The molecule has 72 valence electrons. The van der Waals surface area contributed by atoms with Crippen molar-refractivity contribution in [3.8, 4) is 0 Å². The third kappa shape index (κ3) is 2.07. The minimum atomic E-state index is -0.497. The molecule has 1 atom stereocenters. The van der Waals surface area contributed by atoms with Crippen molar-refractivity contribution in [2.24, 2.45) is 5.73 Å². The lowest BCUT2D eigenvalue weighted by Gasteiger charge is -2.13. The highest BCUT2D eigenvalue weighted by Crippen LogP contribution is 2.20. The second-order valence-electron chi connectivity index (χ2n) is 3.55. The molecule has 0 aromatic heterocycles. The van der Waals surface area contributed by atoms with Crippen molar-refractivity contribution >= 4 is 0 Å². The van der Waals surface area contributed by atoms with E-state index in [1.165, 1.54) is 11.1 Å². The predicted molar refractivity (Wildman–Crippen MR) is 53.6 cm³/mol. The van der Waals surface area contributed by atoms with E-state index < -0.39 is 12.7 Å². The Labute approximate surface area is 78.8 Å². The minimum Gasteiger partial charge on any atom is -0.322 e. The molecule has 0 bridgehead atoms. The highest BCUT2D eigenvalue weighted by Gasteiger charge is 2.09. The first-order chi connectivity index (χ1) is 6.06. The van der Waals surface area contributed by atoms with Gasteiger partial charge < -0.3 is 5.73 Å². The molecular weight excluding hydrogens is 165 g/mol. The topological polar surface area (TPSA) is 26.0 Å². The molecule has 0 heterocycles. The van der Waals surface area contributed by atoms with Crippen LogP contribution in [-0.4, -0.2) is 6.67 Å². The van der Waals surface area contributed by atoms with Gasteiger partial charge in [-0.3, -0.25) is 0 Å². The molecule has 0 unspecified atom stereocenters. The summed E-state index contributed by atoms with van der Waals surface area (Å²) in [5.41, 5.74) is 10.0. The average molecular weight is 181 g/mol. The third-order valence-electron chi connectivity index (χ3n) is 2.45. The minimum absolute atomic E-state index is 0.473. The molecule has 2 N–H and O–H groups in total. The van der Waals surface area contributed by atoms with Crippen LogP contribution in [0, 0.1) is 20.8 Å². The molecule has 0 aliphatic rings. The number of nitrogens with two attached hydrogens (primary N) is 1. The van der Waals surface area contributed by atoms with Crippen LogP contribution in [0.15, 0.2) is 12.1 Å². The first-order valence-corrected chi connectivity index (χ1v) is 4.45. The number of halogens is 1. The summed E-state index contributed by atoms with van der Waals surface area (Å²) >= 11 is 0. The molecule has 0 fully saturated rings. The molecule has 13 heavy (non-hydrogen) atoms. The molecule has 1 rings (SSSR count). The monoisotopic (exact) mass is 181 g/mol. The molecule has 0 aliphatic heterocycles. The van der Waals surface area contributed by atoms with Gasteiger partial charge in [-0.15, -0.1) is 0 Å².